The lowest BCUT2D eigenvalue weighted by atomic mass is 10.1. The van der Waals surface area contributed by atoms with Crippen molar-refractivity contribution < 1.29 is 0 Å². The molecular formula is C11H10Br2ClNS. The highest BCUT2D eigenvalue weighted by Crippen LogP contribution is 2.31. The van der Waals surface area contributed by atoms with E-state index in [0.717, 1.165) is 14.5 Å². The smallest absolute Gasteiger partial charge is 0.0657 e. The quantitative estimate of drug-likeness (QED) is 0.796. The Kier molecular flexibility index (Phi) is 5.47. The van der Waals surface area contributed by atoms with E-state index in [1.807, 2.05) is 23.6 Å². The Labute approximate surface area is 122 Å². The van der Waals surface area contributed by atoms with E-state index < -0.39 is 0 Å². The molecule has 1 aromatic heterocycles. The van der Waals surface area contributed by atoms with Gasteiger partial charge in [-0.05, 0) is 35.2 Å². The minimum Gasteiger partial charge on any atom is -0.320 e. The van der Waals surface area contributed by atoms with Crippen molar-refractivity contribution in [3.05, 3.63) is 55.1 Å². The zero-order valence-electron chi connectivity index (χ0n) is 8.19. The molecule has 0 amide bonds. The molecular weight excluding hydrogens is 373 g/mol. The lowest BCUT2D eigenvalue weighted by molar-refractivity contribution is 0.886. The van der Waals surface area contributed by atoms with Crippen molar-refractivity contribution in [1.82, 2.24) is 0 Å². The Bertz CT molecular complexity index is 459. The molecule has 1 heterocycles. The molecule has 0 bridgehead atoms. The van der Waals surface area contributed by atoms with Crippen LogP contribution >= 0.6 is 55.6 Å². The Balaban J connectivity index is 0.00000128. The molecule has 0 spiro atoms. The summed E-state index contributed by atoms with van der Waals surface area (Å²) < 4.78 is 2.10. The van der Waals surface area contributed by atoms with E-state index in [4.69, 9.17) is 5.73 Å². The standard InChI is InChI=1S/C11H9Br2NS.ClH/c12-7-3-4-9(13)8(6-7)11(14)10-2-1-5-15-10;/h1-6,11H,14H2;1H/t11-;/m1./s1. The first-order valence-electron chi connectivity index (χ1n) is 4.42. The van der Waals surface area contributed by atoms with Gasteiger partial charge in [0.1, 0.15) is 0 Å². The SMILES string of the molecule is Cl.N[C@@H](c1cccs1)c1cc(Br)ccc1Br. The summed E-state index contributed by atoms with van der Waals surface area (Å²) in [6.07, 6.45) is 0. The summed E-state index contributed by atoms with van der Waals surface area (Å²) in [6.45, 7) is 0. The summed E-state index contributed by atoms with van der Waals surface area (Å²) in [5, 5.41) is 2.04. The second-order valence-corrected chi connectivity index (χ2v) is 5.91. The Morgan fingerprint density at radius 1 is 1.19 bits per heavy atom. The molecule has 5 heteroatoms. The van der Waals surface area contributed by atoms with Gasteiger partial charge in [-0.1, -0.05) is 37.9 Å². The number of thiophene rings is 1. The minimum atomic E-state index is -0.0584. The highest BCUT2D eigenvalue weighted by molar-refractivity contribution is 9.11. The van der Waals surface area contributed by atoms with Crippen LogP contribution in [0.15, 0.2) is 44.7 Å². The molecule has 1 atom stereocenters. The van der Waals surface area contributed by atoms with Crippen LogP contribution in [0.25, 0.3) is 0 Å². The normalized spacial score (nSPS) is 11.9. The minimum absolute atomic E-state index is 0. The van der Waals surface area contributed by atoms with E-state index >= 15 is 0 Å². The van der Waals surface area contributed by atoms with Crippen LogP contribution in [-0.2, 0) is 0 Å². The summed E-state index contributed by atoms with van der Waals surface area (Å²) in [5.41, 5.74) is 7.29. The van der Waals surface area contributed by atoms with E-state index in [1.54, 1.807) is 11.3 Å². The topological polar surface area (TPSA) is 26.0 Å². The molecule has 2 N–H and O–H groups in total. The van der Waals surface area contributed by atoms with E-state index in [2.05, 4.69) is 44.0 Å². The first kappa shape index (κ1) is 14.2. The summed E-state index contributed by atoms with van der Waals surface area (Å²) in [7, 11) is 0. The molecule has 2 aromatic rings. The number of nitrogens with two attached hydrogens (primary N) is 1. The van der Waals surface area contributed by atoms with Crippen LogP contribution in [0.3, 0.4) is 0 Å². The molecule has 86 valence electrons. The Hall–Kier alpha value is 0.130. The number of hydrogen-bond donors (Lipinski definition) is 1. The van der Waals surface area contributed by atoms with E-state index in [0.29, 0.717) is 0 Å². The molecule has 1 nitrogen and oxygen atoms in total. The third-order valence-electron chi connectivity index (χ3n) is 2.14. The lowest BCUT2D eigenvalue weighted by Gasteiger charge is -2.12. The zero-order chi connectivity index (χ0) is 10.8. The predicted molar refractivity (Wildman–Crippen MR) is 79.4 cm³/mol. The highest BCUT2D eigenvalue weighted by Gasteiger charge is 2.13. The average Bonchev–Trinajstić information content (AvgIpc) is 2.74. The van der Waals surface area contributed by atoms with Gasteiger partial charge in [0.05, 0.1) is 6.04 Å². The van der Waals surface area contributed by atoms with Crippen LogP contribution in [0.2, 0.25) is 0 Å². The number of halogens is 3. The molecule has 0 radical (unpaired) electrons. The fraction of sp³-hybridized carbons (Fsp3) is 0.0909. The number of hydrogen-bond acceptors (Lipinski definition) is 2. The Morgan fingerprint density at radius 2 is 1.94 bits per heavy atom. The van der Waals surface area contributed by atoms with Crippen molar-refractivity contribution in [2.75, 3.05) is 0 Å². The van der Waals surface area contributed by atoms with Gasteiger partial charge >= 0.3 is 0 Å². The maximum absolute atomic E-state index is 6.19. The number of rotatable bonds is 2. The zero-order valence-corrected chi connectivity index (χ0v) is 13.0. The second-order valence-electron chi connectivity index (χ2n) is 3.16. The van der Waals surface area contributed by atoms with Crippen molar-refractivity contribution >= 4 is 55.6 Å². The van der Waals surface area contributed by atoms with Gasteiger partial charge in [-0.25, -0.2) is 0 Å². The molecule has 0 unspecified atom stereocenters. The van der Waals surface area contributed by atoms with Crippen molar-refractivity contribution in [3.63, 3.8) is 0 Å². The van der Waals surface area contributed by atoms with Crippen molar-refractivity contribution in [2.24, 2.45) is 5.73 Å². The molecule has 0 aliphatic carbocycles. The maximum Gasteiger partial charge on any atom is 0.0657 e. The van der Waals surface area contributed by atoms with Gasteiger partial charge in [0.25, 0.3) is 0 Å². The molecule has 0 aliphatic rings. The molecule has 2 rings (SSSR count). The fourth-order valence-corrected chi connectivity index (χ4v) is 2.99. The molecule has 16 heavy (non-hydrogen) atoms. The van der Waals surface area contributed by atoms with Gasteiger partial charge in [-0.2, -0.15) is 0 Å². The largest absolute Gasteiger partial charge is 0.320 e. The van der Waals surface area contributed by atoms with Crippen LogP contribution in [0, 0.1) is 0 Å². The van der Waals surface area contributed by atoms with Crippen LogP contribution in [0.4, 0.5) is 0 Å². The lowest BCUT2D eigenvalue weighted by Crippen LogP contribution is -2.10. The summed E-state index contributed by atoms with van der Waals surface area (Å²) in [5.74, 6) is 0. The molecule has 0 fully saturated rings. The van der Waals surface area contributed by atoms with E-state index in [1.165, 1.54) is 4.88 Å². The number of benzene rings is 1. The molecule has 0 aliphatic heterocycles. The fourth-order valence-electron chi connectivity index (χ4n) is 1.37. The van der Waals surface area contributed by atoms with Gasteiger partial charge in [0.15, 0.2) is 0 Å². The van der Waals surface area contributed by atoms with Gasteiger partial charge in [-0.3, -0.25) is 0 Å². The predicted octanol–water partition coefficient (Wildman–Crippen LogP) is 4.74. The third-order valence-corrected chi connectivity index (χ3v) is 4.31. The summed E-state index contributed by atoms with van der Waals surface area (Å²) >= 11 is 8.65. The monoisotopic (exact) mass is 381 g/mol. The van der Waals surface area contributed by atoms with E-state index in [-0.39, 0.29) is 18.4 Å². The highest BCUT2D eigenvalue weighted by atomic mass is 79.9. The van der Waals surface area contributed by atoms with Gasteiger partial charge in [-0.15, -0.1) is 23.7 Å². The molecule has 0 saturated carbocycles. The molecule has 1 aromatic carbocycles. The van der Waals surface area contributed by atoms with Crippen molar-refractivity contribution in [1.29, 1.82) is 0 Å². The van der Waals surface area contributed by atoms with Crippen molar-refractivity contribution in [2.45, 2.75) is 6.04 Å². The van der Waals surface area contributed by atoms with Crippen molar-refractivity contribution in [3.8, 4) is 0 Å². The average molecular weight is 384 g/mol. The van der Waals surface area contributed by atoms with Gasteiger partial charge in [0.2, 0.25) is 0 Å². The third kappa shape index (κ3) is 3.08. The van der Waals surface area contributed by atoms with Gasteiger partial charge in [0, 0.05) is 13.8 Å². The Morgan fingerprint density at radius 3 is 2.56 bits per heavy atom. The first-order chi connectivity index (χ1) is 7.18. The van der Waals surface area contributed by atoms with Crippen LogP contribution in [-0.4, -0.2) is 0 Å². The second kappa shape index (κ2) is 6.17. The summed E-state index contributed by atoms with van der Waals surface area (Å²) in [4.78, 5) is 1.17. The van der Waals surface area contributed by atoms with Crippen LogP contribution in [0.1, 0.15) is 16.5 Å². The maximum atomic E-state index is 6.19. The van der Waals surface area contributed by atoms with E-state index in [9.17, 15) is 0 Å². The first-order valence-corrected chi connectivity index (χ1v) is 6.89. The van der Waals surface area contributed by atoms with Crippen LogP contribution < -0.4 is 5.73 Å². The van der Waals surface area contributed by atoms with Gasteiger partial charge < -0.3 is 5.73 Å². The molecule has 0 saturated heterocycles. The summed E-state index contributed by atoms with van der Waals surface area (Å²) in [6, 6.07) is 10.1. The van der Waals surface area contributed by atoms with Crippen LogP contribution in [0.5, 0.6) is 0 Å².